The molecule has 24 heavy (non-hydrogen) atoms. The Morgan fingerprint density at radius 2 is 2.12 bits per heavy atom. The van der Waals surface area contributed by atoms with Gasteiger partial charge in [-0.1, -0.05) is 19.0 Å². The first-order chi connectivity index (χ1) is 11.3. The topological polar surface area (TPSA) is 113 Å². The van der Waals surface area contributed by atoms with E-state index in [2.05, 4.69) is 20.8 Å². The van der Waals surface area contributed by atoms with Crippen LogP contribution in [0.2, 0.25) is 0 Å². The molecule has 0 saturated heterocycles. The van der Waals surface area contributed by atoms with Crippen molar-refractivity contribution in [2.24, 2.45) is 0 Å². The first kappa shape index (κ1) is 18.0. The summed E-state index contributed by atoms with van der Waals surface area (Å²) < 4.78 is 10.5. The van der Waals surface area contributed by atoms with Crippen molar-refractivity contribution in [3.63, 3.8) is 0 Å². The van der Waals surface area contributed by atoms with Crippen LogP contribution in [0.25, 0.3) is 0 Å². The minimum Gasteiger partial charge on any atom is -0.463 e. The molecule has 0 saturated carbocycles. The van der Waals surface area contributed by atoms with E-state index in [1.807, 2.05) is 13.8 Å². The Bertz CT molecular complexity index is 675. The molecule has 0 aliphatic carbocycles. The number of urea groups is 1. The zero-order chi connectivity index (χ0) is 17.7. The van der Waals surface area contributed by atoms with E-state index in [0.29, 0.717) is 36.2 Å². The van der Waals surface area contributed by atoms with E-state index < -0.39 is 5.60 Å². The molecule has 0 spiro atoms. The second-order valence-electron chi connectivity index (χ2n) is 6.24. The summed E-state index contributed by atoms with van der Waals surface area (Å²) in [6.45, 7) is 7.72. The maximum Gasteiger partial charge on any atom is 0.314 e. The monoisotopic (exact) mass is 336 g/mol. The fourth-order valence-electron chi connectivity index (χ4n) is 2.01. The molecule has 1 atom stereocenters. The number of aliphatic hydroxyl groups is 1. The molecule has 2 rings (SSSR count). The molecular formula is C16H24N4O4. The Labute approximate surface area is 140 Å². The molecule has 1 unspecified atom stereocenters. The van der Waals surface area contributed by atoms with Gasteiger partial charge in [0.1, 0.15) is 17.1 Å². The molecule has 8 heteroatoms. The quantitative estimate of drug-likeness (QED) is 0.711. The molecule has 2 aromatic rings. The van der Waals surface area contributed by atoms with Crippen molar-refractivity contribution < 1.29 is 18.8 Å². The number of aryl methyl sites for hydroxylation is 1. The van der Waals surface area contributed by atoms with Gasteiger partial charge < -0.3 is 24.7 Å². The predicted molar refractivity (Wildman–Crippen MR) is 86.5 cm³/mol. The number of amides is 2. The molecule has 0 fully saturated rings. The summed E-state index contributed by atoms with van der Waals surface area (Å²) in [4.78, 5) is 16.0. The van der Waals surface area contributed by atoms with Crippen LogP contribution in [0.5, 0.6) is 0 Å². The maximum absolute atomic E-state index is 11.8. The molecule has 0 aliphatic heterocycles. The summed E-state index contributed by atoms with van der Waals surface area (Å²) in [6.07, 6.45) is 0.445. The summed E-state index contributed by atoms with van der Waals surface area (Å²) in [5, 5.41) is 19.5. The standard InChI is InChI=1S/C16H24N4O4/c1-10(2)14-19-13(24-20-14)7-8-17-15(21)18-9-16(4,22)12-6-5-11(3)23-12/h5-6,10,22H,7-9H2,1-4H3,(H2,17,18,21). The predicted octanol–water partition coefficient (Wildman–Crippen LogP) is 1.84. The summed E-state index contributed by atoms with van der Waals surface area (Å²) >= 11 is 0. The summed E-state index contributed by atoms with van der Waals surface area (Å²) in [7, 11) is 0. The first-order valence-corrected chi connectivity index (χ1v) is 7.91. The Balaban J connectivity index is 1.73. The highest BCUT2D eigenvalue weighted by molar-refractivity contribution is 5.73. The molecule has 0 aliphatic rings. The highest BCUT2D eigenvalue weighted by atomic mass is 16.5. The third-order valence-electron chi connectivity index (χ3n) is 3.49. The van der Waals surface area contributed by atoms with Crippen molar-refractivity contribution in [1.29, 1.82) is 0 Å². The second kappa shape index (κ2) is 7.48. The van der Waals surface area contributed by atoms with Gasteiger partial charge in [-0.05, 0) is 26.0 Å². The minimum atomic E-state index is -1.27. The fourth-order valence-corrected chi connectivity index (χ4v) is 2.01. The highest BCUT2D eigenvalue weighted by Crippen LogP contribution is 2.21. The summed E-state index contributed by atoms with van der Waals surface area (Å²) in [5.74, 6) is 2.45. The fraction of sp³-hybridized carbons (Fsp3) is 0.562. The van der Waals surface area contributed by atoms with Crippen LogP contribution in [-0.2, 0) is 12.0 Å². The van der Waals surface area contributed by atoms with Crippen molar-refractivity contribution in [3.8, 4) is 0 Å². The Hall–Kier alpha value is -2.35. The number of nitrogens with zero attached hydrogens (tertiary/aromatic N) is 2. The van der Waals surface area contributed by atoms with Crippen LogP contribution in [-0.4, -0.2) is 34.4 Å². The molecule has 0 aromatic carbocycles. The number of nitrogens with one attached hydrogen (secondary N) is 2. The van der Waals surface area contributed by atoms with E-state index in [9.17, 15) is 9.90 Å². The van der Waals surface area contributed by atoms with Gasteiger partial charge in [-0.3, -0.25) is 0 Å². The van der Waals surface area contributed by atoms with Crippen LogP contribution in [0, 0.1) is 6.92 Å². The van der Waals surface area contributed by atoms with E-state index >= 15 is 0 Å². The number of furan rings is 1. The number of aromatic nitrogens is 2. The molecule has 0 bridgehead atoms. The number of hydrogen-bond donors (Lipinski definition) is 3. The number of carbonyl (C=O) groups excluding carboxylic acids is 1. The van der Waals surface area contributed by atoms with Gasteiger partial charge in [0.25, 0.3) is 0 Å². The number of hydrogen-bond acceptors (Lipinski definition) is 6. The average molecular weight is 336 g/mol. The first-order valence-electron chi connectivity index (χ1n) is 7.91. The lowest BCUT2D eigenvalue weighted by Gasteiger charge is -2.21. The van der Waals surface area contributed by atoms with Crippen molar-refractivity contribution in [2.45, 2.75) is 45.6 Å². The third-order valence-corrected chi connectivity index (χ3v) is 3.49. The van der Waals surface area contributed by atoms with E-state index in [4.69, 9.17) is 8.94 Å². The minimum absolute atomic E-state index is 0.0316. The van der Waals surface area contributed by atoms with E-state index in [1.54, 1.807) is 26.0 Å². The largest absolute Gasteiger partial charge is 0.463 e. The highest BCUT2D eigenvalue weighted by Gasteiger charge is 2.27. The lowest BCUT2D eigenvalue weighted by atomic mass is 10.0. The second-order valence-corrected chi connectivity index (χ2v) is 6.24. The van der Waals surface area contributed by atoms with E-state index in [-0.39, 0.29) is 18.5 Å². The van der Waals surface area contributed by atoms with Gasteiger partial charge in [-0.2, -0.15) is 4.98 Å². The molecule has 132 valence electrons. The van der Waals surface area contributed by atoms with Crippen LogP contribution < -0.4 is 10.6 Å². The van der Waals surface area contributed by atoms with Gasteiger partial charge in [0, 0.05) is 18.9 Å². The normalized spacial score (nSPS) is 13.8. The summed E-state index contributed by atoms with van der Waals surface area (Å²) in [5.41, 5.74) is -1.27. The Morgan fingerprint density at radius 1 is 1.38 bits per heavy atom. The SMILES string of the molecule is Cc1ccc(C(C)(O)CNC(=O)NCCc2nc(C(C)C)no2)o1. The molecular weight excluding hydrogens is 312 g/mol. The van der Waals surface area contributed by atoms with Gasteiger partial charge in [-0.25, -0.2) is 4.79 Å². The molecule has 8 nitrogen and oxygen atoms in total. The van der Waals surface area contributed by atoms with Gasteiger partial charge >= 0.3 is 6.03 Å². The third kappa shape index (κ3) is 4.82. The lowest BCUT2D eigenvalue weighted by molar-refractivity contribution is 0.0360. The molecule has 2 amide bonds. The number of carbonyl (C=O) groups is 1. The zero-order valence-corrected chi connectivity index (χ0v) is 14.4. The molecule has 0 radical (unpaired) electrons. The van der Waals surface area contributed by atoms with Gasteiger partial charge in [0.05, 0.1) is 6.54 Å². The van der Waals surface area contributed by atoms with Crippen LogP contribution in [0.3, 0.4) is 0 Å². The van der Waals surface area contributed by atoms with Crippen molar-refractivity contribution >= 4 is 6.03 Å². The Morgan fingerprint density at radius 3 is 2.71 bits per heavy atom. The lowest BCUT2D eigenvalue weighted by Crippen LogP contribution is -2.43. The van der Waals surface area contributed by atoms with E-state index in [1.165, 1.54) is 0 Å². The zero-order valence-electron chi connectivity index (χ0n) is 14.4. The molecule has 3 N–H and O–H groups in total. The van der Waals surface area contributed by atoms with Crippen molar-refractivity contribution in [2.75, 3.05) is 13.1 Å². The average Bonchev–Trinajstić information content (AvgIpc) is 3.15. The summed E-state index contributed by atoms with van der Waals surface area (Å²) in [6, 6.07) is 3.07. The maximum atomic E-state index is 11.8. The van der Waals surface area contributed by atoms with E-state index in [0.717, 1.165) is 0 Å². The smallest absolute Gasteiger partial charge is 0.314 e. The van der Waals surface area contributed by atoms with Crippen molar-refractivity contribution in [1.82, 2.24) is 20.8 Å². The van der Waals surface area contributed by atoms with Crippen LogP contribution in [0.15, 0.2) is 21.1 Å². The molecule has 2 aromatic heterocycles. The van der Waals surface area contributed by atoms with Crippen LogP contribution >= 0.6 is 0 Å². The molecule has 2 heterocycles. The van der Waals surface area contributed by atoms with Crippen LogP contribution in [0.1, 0.15) is 49.9 Å². The van der Waals surface area contributed by atoms with Gasteiger partial charge in [0.15, 0.2) is 5.82 Å². The van der Waals surface area contributed by atoms with Gasteiger partial charge in [-0.15, -0.1) is 0 Å². The Kier molecular flexibility index (Phi) is 5.61. The van der Waals surface area contributed by atoms with Crippen molar-refractivity contribution in [3.05, 3.63) is 35.4 Å². The van der Waals surface area contributed by atoms with Gasteiger partial charge in [0.2, 0.25) is 5.89 Å². The number of rotatable bonds is 7. The van der Waals surface area contributed by atoms with Crippen LogP contribution in [0.4, 0.5) is 4.79 Å².